The molecule has 2 unspecified atom stereocenters. The molecule has 15 heteroatoms. The summed E-state index contributed by atoms with van der Waals surface area (Å²) in [6.45, 7) is 2.46. The molecule has 42 heavy (non-hydrogen) atoms. The Labute approximate surface area is 237 Å². The normalized spacial score (nSPS) is 18.0. The van der Waals surface area contributed by atoms with Crippen molar-refractivity contribution >= 4 is 35.1 Å². The van der Waals surface area contributed by atoms with Crippen LogP contribution in [0.25, 0.3) is 11.4 Å². The fourth-order valence-electron chi connectivity index (χ4n) is 4.59. The van der Waals surface area contributed by atoms with Crippen LogP contribution in [0.1, 0.15) is 17.3 Å². The maximum absolute atomic E-state index is 14.6. The van der Waals surface area contributed by atoms with Crippen molar-refractivity contribution < 1.29 is 42.3 Å². The van der Waals surface area contributed by atoms with Gasteiger partial charge in [-0.25, -0.2) is 9.18 Å². The number of rotatable bonds is 7. The van der Waals surface area contributed by atoms with E-state index in [1.165, 1.54) is 28.0 Å². The highest BCUT2D eigenvalue weighted by molar-refractivity contribution is 6.05. The van der Waals surface area contributed by atoms with Gasteiger partial charge in [-0.1, -0.05) is 5.16 Å². The second kappa shape index (κ2) is 12.3. The highest BCUT2D eigenvalue weighted by Gasteiger charge is 2.43. The second-order valence-electron chi connectivity index (χ2n) is 9.42. The van der Waals surface area contributed by atoms with Gasteiger partial charge >= 0.3 is 11.7 Å². The maximum Gasteiger partial charge on any atom is 0.439 e. The van der Waals surface area contributed by atoms with Gasteiger partial charge in [0.05, 0.1) is 19.8 Å². The van der Waals surface area contributed by atoms with Crippen LogP contribution in [0, 0.1) is 5.82 Å². The maximum atomic E-state index is 14.6. The average Bonchev–Trinajstić information content (AvgIpc) is 3.42. The van der Waals surface area contributed by atoms with Crippen LogP contribution in [-0.2, 0) is 28.6 Å². The van der Waals surface area contributed by atoms with Gasteiger partial charge in [0, 0.05) is 49.1 Å². The monoisotopic (exact) mass is 583 g/mol. The number of carbonyl (C=O) groups is 4. The minimum Gasteiger partial charge on any atom is -0.449 e. The molecule has 5 rings (SSSR count). The molecule has 2 aromatic carbocycles. The first-order valence-corrected chi connectivity index (χ1v) is 12.9. The Balaban J connectivity index is 1.34. The third-order valence-electron chi connectivity index (χ3n) is 6.55. The van der Waals surface area contributed by atoms with Crippen LogP contribution in [0.3, 0.4) is 0 Å². The molecule has 1 aromatic heterocycles. The van der Waals surface area contributed by atoms with E-state index < -0.39 is 47.5 Å². The Hall–Kier alpha value is -4.89. The van der Waals surface area contributed by atoms with E-state index in [4.69, 9.17) is 14.2 Å². The van der Waals surface area contributed by atoms with Gasteiger partial charge in [0.15, 0.2) is 11.9 Å². The summed E-state index contributed by atoms with van der Waals surface area (Å²) >= 11 is 0. The predicted molar refractivity (Wildman–Crippen MR) is 142 cm³/mol. The largest absolute Gasteiger partial charge is 0.449 e. The fourth-order valence-corrected chi connectivity index (χ4v) is 4.59. The van der Waals surface area contributed by atoms with Crippen LogP contribution in [-0.4, -0.2) is 90.4 Å². The molecular weight excluding hydrogens is 557 g/mol. The van der Waals surface area contributed by atoms with Crippen LogP contribution in [0.4, 0.5) is 15.8 Å². The molecule has 3 aromatic rings. The number of amides is 3. The van der Waals surface area contributed by atoms with Crippen molar-refractivity contribution in [2.75, 3.05) is 49.7 Å². The van der Waals surface area contributed by atoms with E-state index in [1.54, 1.807) is 12.1 Å². The Morgan fingerprint density at radius 3 is 2.48 bits per heavy atom. The Morgan fingerprint density at radius 1 is 1.07 bits per heavy atom. The molecule has 0 aliphatic carbocycles. The Morgan fingerprint density at radius 2 is 1.81 bits per heavy atom. The van der Waals surface area contributed by atoms with Crippen LogP contribution >= 0.6 is 0 Å². The van der Waals surface area contributed by atoms with E-state index in [-0.39, 0.29) is 35.9 Å². The van der Waals surface area contributed by atoms with Crippen LogP contribution in [0.5, 0.6) is 0 Å². The summed E-state index contributed by atoms with van der Waals surface area (Å²) in [6, 6.07) is 9.68. The van der Waals surface area contributed by atoms with Gasteiger partial charge in [-0.15, -0.1) is 0 Å². The molecule has 3 amide bonds. The second-order valence-corrected chi connectivity index (χ2v) is 9.42. The zero-order valence-corrected chi connectivity index (χ0v) is 22.3. The van der Waals surface area contributed by atoms with Crippen molar-refractivity contribution in [3.05, 3.63) is 64.4 Å². The number of benzene rings is 2. The molecular formula is C27H26FN5O9. The SMILES string of the molecule is CC(=O)OC(C(=O)Nc1ccc(-c2noc(=O)[nH]2)cc1)C1OCCN(c2cc(F)cc(C(=O)N3CCOCC3)c2)C1=O. The van der Waals surface area contributed by atoms with Crippen molar-refractivity contribution in [3.63, 3.8) is 0 Å². The lowest BCUT2D eigenvalue weighted by atomic mass is 10.1. The van der Waals surface area contributed by atoms with Crippen molar-refractivity contribution in [2.24, 2.45) is 0 Å². The van der Waals surface area contributed by atoms with Gasteiger partial charge in [-0.05, 0) is 42.5 Å². The Kier molecular flexibility index (Phi) is 8.40. The van der Waals surface area contributed by atoms with Crippen LogP contribution in [0.15, 0.2) is 51.8 Å². The first-order chi connectivity index (χ1) is 20.2. The summed E-state index contributed by atoms with van der Waals surface area (Å²) < 4.78 is 35.2. The number of nitrogens with one attached hydrogen (secondary N) is 2. The first-order valence-electron chi connectivity index (χ1n) is 12.9. The zero-order valence-electron chi connectivity index (χ0n) is 22.3. The number of hydrogen-bond donors (Lipinski definition) is 2. The van der Waals surface area contributed by atoms with Crippen LogP contribution in [0.2, 0.25) is 0 Å². The molecule has 3 heterocycles. The molecule has 0 saturated carbocycles. The molecule has 0 spiro atoms. The van der Waals surface area contributed by atoms with E-state index in [1.807, 2.05) is 0 Å². The van der Waals surface area contributed by atoms with Gasteiger partial charge in [0.25, 0.3) is 17.7 Å². The van der Waals surface area contributed by atoms with Crippen molar-refractivity contribution in [1.82, 2.24) is 15.0 Å². The minimum absolute atomic E-state index is 0.00395. The summed E-state index contributed by atoms with van der Waals surface area (Å²) in [4.78, 5) is 68.0. The van der Waals surface area contributed by atoms with E-state index in [0.717, 1.165) is 19.1 Å². The molecule has 0 bridgehead atoms. The van der Waals surface area contributed by atoms with Gasteiger partial charge in [-0.3, -0.25) is 28.7 Å². The molecule has 2 N–H and O–H groups in total. The highest BCUT2D eigenvalue weighted by Crippen LogP contribution is 2.26. The van der Waals surface area contributed by atoms with E-state index in [0.29, 0.717) is 31.9 Å². The smallest absolute Gasteiger partial charge is 0.439 e. The van der Waals surface area contributed by atoms with Gasteiger partial charge in [0.2, 0.25) is 6.10 Å². The quantitative estimate of drug-likeness (QED) is 0.381. The number of aromatic nitrogens is 2. The number of nitrogens with zero attached hydrogens (tertiary/aromatic N) is 3. The molecule has 0 radical (unpaired) electrons. The molecule has 220 valence electrons. The average molecular weight is 584 g/mol. The lowest BCUT2D eigenvalue weighted by Gasteiger charge is -2.35. The van der Waals surface area contributed by atoms with Crippen molar-refractivity contribution in [3.8, 4) is 11.4 Å². The number of H-pyrrole nitrogens is 1. The number of anilines is 2. The lowest BCUT2D eigenvalue weighted by Crippen LogP contribution is -2.56. The third-order valence-corrected chi connectivity index (χ3v) is 6.55. The topological polar surface area (TPSA) is 173 Å². The van der Waals surface area contributed by atoms with E-state index in [9.17, 15) is 28.4 Å². The number of aromatic amines is 1. The van der Waals surface area contributed by atoms with Gasteiger partial charge in [-0.2, -0.15) is 0 Å². The lowest BCUT2D eigenvalue weighted by molar-refractivity contribution is -0.167. The standard InChI is InChI=1S/C27H26FN5O9/c1-15(34)41-21(24(35)29-19-4-2-16(3-5-19)23-30-27(38)42-31-23)22-26(37)33(8-11-40-22)20-13-17(12-18(28)14-20)25(36)32-6-9-39-10-7-32/h2-5,12-14,21-22H,6-11H2,1H3,(H,29,35)(H,30,31,38). The number of ether oxygens (including phenoxy) is 3. The third kappa shape index (κ3) is 6.37. The van der Waals surface area contributed by atoms with Crippen molar-refractivity contribution in [1.29, 1.82) is 0 Å². The number of halogens is 1. The number of hydrogen-bond acceptors (Lipinski definition) is 10. The van der Waals surface area contributed by atoms with Crippen LogP contribution < -0.4 is 16.0 Å². The molecule has 2 aliphatic heterocycles. The predicted octanol–water partition coefficient (Wildman–Crippen LogP) is 0.944. The van der Waals surface area contributed by atoms with Gasteiger partial charge < -0.3 is 29.3 Å². The summed E-state index contributed by atoms with van der Waals surface area (Å²) in [7, 11) is 0. The number of esters is 1. The minimum atomic E-state index is -1.69. The summed E-state index contributed by atoms with van der Waals surface area (Å²) in [6.07, 6.45) is -3.24. The van der Waals surface area contributed by atoms with Gasteiger partial charge in [0.1, 0.15) is 5.82 Å². The first kappa shape index (κ1) is 28.6. The van der Waals surface area contributed by atoms with E-state index in [2.05, 4.69) is 20.0 Å². The molecule has 2 atom stereocenters. The summed E-state index contributed by atoms with van der Waals surface area (Å²) in [5.41, 5.74) is 0.921. The molecule has 2 saturated heterocycles. The number of morpholine rings is 2. The van der Waals surface area contributed by atoms with Crippen molar-refractivity contribution in [2.45, 2.75) is 19.1 Å². The summed E-state index contributed by atoms with van der Waals surface area (Å²) in [5, 5.41) is 6.16. The van der Waals surface area contributed by atoms with E-state index >= 15 is 0 Å². The zero-order chi connectivity index (χ0) is 29.8. The summed E-state index contributed by atoms with van der Waals surface area (Å²) in [5.74, 6) is -4.13. The highest BCUT2D eigenvalue weighted by atomic mass is 19.1. The molecule has 2 aliphatic rings. The molecule has 2 fully saturated rings. The Bertz CT molecular complexity index is 1550. The fraction of sp³-hybridized carbons (Fsp3) is 0.333. The molecule has 14 nitrogen and oxygen atoms in total. The number of carbonyl (C=O) groups excluding carboxylic acids is 4.